The van der Waals surface area contributed by atoms with E-state index in [0.29, 0.717) is 18.0 Å². The average Bonchev–Trinajstić information content (AvgIpc) is 3.57. The number of halogens is 1. The zero-order valence-corrected chi connectivity index (χ0v) is 23.4. The van der Waals surface area contributed by atoms with Crippen LogP contribution in [-0.2, 0) is 39.9 Å². The summed E-state index contributed by atoms with van der Waals surface area (Å²) in [7, 11) is 0. The van der Waals surface area contributed by atoms with Crippen LogP contribution in [0, 0.1) is 11.8 Å². The van der Waals surface area contributed by atoms with E-state index < -0.39 is 54.0 Å². The highest BCUT2D eigenvalue weighted by atomic mass is 79.9. The number of imide groups is 1. The third-order valence-corrected chi connectivity index (χ3v) is 8.10. The third kappa shape index (κ3) is 4.49. The number of benzene rings is 2. The molecule has 0 saturated carbocycles. The van der Waals surface area contributed by atoms with E-state index in [1.807, 2.05) is 55.2 Å². The fourth-order valence-corrected chi connectivity index (χ4v) is 6.38. The van der Waals surface area contributed by atoms with Crippen molar-refractivity contribution in [1.29, 1.82) is 0 Å². The van der Waals surface area contributed by atoms with E-state index in [0.717, 1.165) is 10.0 Å². The molecular weight excluding hydrogens is 568 g/mol. The number of esters is 1. The first kappa shape index (κ1) is 26.2. The Bertz CT molecular complexity index is 1330. The molecule has 0 bridgehead atoms. The van der Waals surface area contributed by atoms with Gasteiger partial charge in [-0.2, -0.15) is 0 Å². The van der Waals surface area contributed by atoms with E-state index in [2.05, 4.69) is 15.9 Å². The topological polar surface area (TPSA) is 94.6 Å². The maximum absolute atomic E-state index is 14.1. The predicted molar refractivity (Wildman–Crippen MR) is 143 cm³/mol. The molecule has 3 saturated heterocycles. The Kier molecular flexibility index (Phi) is 6.61. The van der Waals surface area contributed by atoms with Crippen LogP contribution in [0.4, 0.5) is 5.69 Å². The molecule has 10 heteroatoms. The van der Waals surface area contributed by atoms with Crippen molar-refractivity contribution in [2.45, 2.75) is 57.6 Å². The van der Waals surface area contributed by atoms with Crippen molar-refractivity contribution < 1.29 is 33.3 Å². The molecule has 0 unspecified atom stereocenters. The number of likely N-dealkylation sites (tertiary alicyclic amines) is 1. The van der Waals surface area contributed by atoms with Crippen molar-refractivity contribution in [2.24, 2.45) is 11.8 Å². The number of carbonyl (C=O) groups excluding carboxylic acids is 3. The minimum Gasteiger partial charge on any atom is -0.465 e. The van der Waals surface area contributed by atoms with Crippen LogP contribution in [0.2, 0.25) is 0 Å². The van der Waals surface area contributed by atoms with Crippen LogP contribution in [0.5, 0.6) is 0 Å². The van der Waals surface area contributed by atoms with Crippen molar-refractivity contribution in [3.05, 3.63) is 76.5 Å². The van der Waals surface area contributed by atoms with Crippen LogP contribution in [-0.4, -0.2) is 59.6 Å². The molecule has 0 radical (unpaired) electrons. The summed E-state index contributed by atoms with van der Waals surface area (Å²) in [5.41, 5.74) is 1.37. The van der Waals surface area contributed by atoms with Crippen LogP contribution in [0.15, 0.2) is 70.9 Å². The SMILES string of the molecule is CCOC(=O)[C@H]1[C@H]2C(=O)N(c3ccc(Br)cc3)C(=O)[C@H]2[C@H](C2=C[C@H]3OC(C)(C)O[C@H]3O2)N1Cc1ccccc1. The number of amides is 2. The lowest BCUT2D eigenvalue weighted by atomic mass is 9.88. The zero-order chi connectivity index (χ0) is 27.5. The molecule has 9 nitrogen and oxygen atoms in total. The molecule has 0 aliphatic carbocycles. The van der Waals surface area contributed by atoms with Crippen molar-refractivity contribution in [3.8, 4) is 0 Å². The van der Waals surface area contributed by atoms with Gasteiger partial charge in [0, 0.05) is 11.0 Å². The lowest BCUT2D eigenvalue weighted by Gasteiger charge is -2.33. The summed E-state index contributed by atoms with van der Waals surface area (Å²) < 4.78 is 24.4. The number of ether oxygens (including phenoxy) is 4. The molecule has 4 aliphatic rings. The van der Waals surface area contributed by atoms with E-state index in [1.165, 1.54) is 4.90 Å². The normalized spacial score (nSPS) is 31.2. The Hall–Kier alpha value is -3.05. The van der Waals surface area contributed by atoms with Crippen LogP contribution in [0.1, 0.15) is 26.3 Å². The number of fused-ring (bicyclic) bond motifs is 2. The van der Waals surface area contributed by atoms with E-state index in [4.69, 9.17) is 18.9 Å². The minimum atomic E-state index is -0.986. The highest BCUT2D eigenvalue weighted by Gasteiger charge is 2.66. The molecule has 4 heterocycles. The molecule has 6 rings (SSSR count). The zero-order valence-electron chi connectivity index (χ0n) is 21.8. The maximum Gasteiger partial charge on any atom is 0.324 e. The summed E-state index contributed by atoms with van der Waals surface area (Å²) in [6.07, 6.45) is 0.666. The highest BCUT2D eigenvalue weighted by Crippen LogP contribution is 2.49. The number of nitrogens with zero attached hydrogens (tertiary/aromatic N) is 2. The van der Waals surface area contributed by atoms with E-state index >= 15 is 0 Å². The molecule has 2 amide bonds. The molecule has 6 atom stereocenters. The summed E-state index contributed by atoms with van der Waals surface area (Å²) in [6.45, 7) is 5.79. The van der Waals surface area contributed by atoms with Gasteiger partial charge in [-0.05, 0) is 56.7 Å². The van der Waals surface area contributed by atoms with Gasteiger partial charge >= 0.3 is 5.97 Å². The largest absolute Gasteiger partial charge is 0.465 e. The van der Waals surface area contributed by atoms with Gasteiger partial charge in [0.05, 0.1) is 30.2 Å². The van der Waals surface area contributed by atoms with Gasteiger partial charge < -0.3 is 18.9 Å². The molecule has 0 aromatic heterocycles. The number of hydrogen-bond donors (Lipinski definition) is 0. The first-order valence-electron chi connectivity index (χ1n) is 13.0. The molecule has 3 fully saturated rings. The summed E-state index contributed by atoms with van der Waals surface area (Å²) in [6, 6.07) is 14.9. The van der Waals surface area contributed by atoms with Crippen molar-refractivity contribution in [2.75, 3.05) is 11.5 Å². The summed E-state index contributed by atoms with van der Waals surface area (Å²) in [4.78, 5) is 44.7. The number of anilines is 1. The smallest absolute Gasteiger partial charge is 0.324 e. The quantitative estimate of drug-likeness (QED) is 0.367. The van der Waals surface area contributed by atoms with Crippen molar-refractivity contribution in [1.82, 2.24) is 4.90 Å². The van der Waals surface area contributed by atoms with Gasteiger partial charge in [-0.25, -0.2) is 4.90 Å². The molecule has 2 aromatic rings. The minimum absolute atomic E-state index is 0.148. The first-order valence-corrected chi connectivity index (χ1v) is 13.8. The Labute approximate surface area is 234 Å². The van der Waals surface area contributed by atoms with Crippen molar-refractivity contribution >= 4 is 39.4 Å². The van der Waals surface area contributed by atoms with Crippen LogP contribution in [0.3, 0.4) is 0 Å². The average molecular weight is 597 g/mol. The molecule has 4 aliphatic heterocycles. The third-order valence-electron chi connectivity index (χ3n) is 7.57. The lowest BCUT2D eigenvalue weighted by Crippen LogP contribution is -2.49. The summed E-state index contributed by atoms with van der Waals surface area (Å²) in [5, 5.41) is 0. The van der Waals surface area contributed by atoms with Gasteiger partial charge in [0.15, 0.2) is 5.79 Å². The monoisotopic (exact) mass is 596 g/mol. The number of carbonyl (C=O) groups is 3. The predicted octanol–water partition coefficient (Wildman–Crippen LogP) is 3.76. The van der Waals surface area contributed by atoms with Gasteiger partial charge in [0.25, 0.3) is 0 Å². The maximum atomic E-state index is 14.1. The van der Waals surface area contributed by atoms with Gasteiger partial charge in [0.2, 0.25) is 18.1 Å². The molecule has 39 heavy (non-hydrogen) atoms. The Morgan fingerprint density at radius 3 is 2.36 bits per heavy atom. The summed E-state index contributed by atoms with van der Waals surface area (Å²) >= 11 is 3.40. The van der Waals surface area contributed by atoms with Crippen molar-refractivity contribution in [3.63, 3.8) is 0 Å². The van der Waals surface area contributed by atoms with E-state index in [9.17, 15) is 14.4 Å². The molecule has 204 valence electrons. The second-order valence-corrected chi connectivity index (χ2v) is 11.4. The number of hydrogen-bond acceptors (Lipinski definition) is 8. The highest BCUT2D eigenvalue weighted by molar-refractivity contribution is 9.10. The van der Waals surface area contributed by atoms with Gasteiger partial charge in [-0.15, -0.1) is 0 Å². The molecule has 2 aromatic carbocycles. The van der Waals surface area contributed by atoms with E-state index in [-0.39, 0.29) is 12.5 Å². The fourth-order valence-electron chi connectivity index (χ4n) is 6.11. The Morgan fingerprint density at radius 2 is 1.69 bits per heavy atom. The number of rotatable bonds is 6. The van der Waals surface area contributed by atoms with Crippen LogP contribution >= 0.6 is 15.9 Å². The second-order valence-electron chi connectivity index (χ2n) is 10.5. The molecule has 0 N–H and O–H groups in total. The first-order chi connectivity index (χ1) is 18.7. The molecular formula is C29H29BrN2O7. The lowest BCUT2D eigenvalue weighted by molar-refractivity contribution is -0.184. The van der Waals surface area contributed by atoms with Crippen LogP contribution in [0.25, 0.3) is 0 Å². The second kappa shape index (κ2) is 9.85. The fraction of sp³-hybridized carbons (Fsp3) is 0.414. The Morgan fingerprint density at radius 1 is 1.00 bits per heavy atom. The molecule has 0 spiro atoms. The van der Waals surface area contributed by atoms with Gasteiger partial charge in [0.1, 0.15) is 17.9 Å². The summed E-state index contributed by atoms with van der Waals surface area (Å²) in [5.74, 6) is -3.53. The van der Waals surface area contributed by atoms with E-state index in [1.54, 1.807) is 31.2 Å². The van der Waals surface area contributed by atoms with Crippen LogP contribution < -0.4 is 4.90 Å². The van der Waals surface area contributed by atoms with Gasteiger partial charge in [-0.1, -0.05) is 46.3 Å². The standard InChI is InChI=1S/C29H29BrN2O7/c1-4-36-27(35)24-22-21(25(33)32(26(22)34)18-12-10-17(30)11-13-18)23(31(24)15-16-8-6-5-7-9-16)19-14-20-28(37-19)39-29(2,3)38-20/h5-14,20-24,28H,4,15H2,1-3H3/t20-,21-,22+,23+,24-,28-/m1/s1. The Balaban J connectivity index is 1.44. The van der Waals surface area contributed by atoms with Gasteiger partial charge in [-0.3, -0.25) is 19.3 Å².